The van der Waals surface area contributed by atoms with Crippen molar-refractivity contribution in [3.05, 3.63) is 90.1 Å². The fraction of sp³-hybridized carbons (Fsp3) is 0.115. The van der Waals surface area contributed by atoms with Crippen LogP contribution >= 0.6 is 0 Å². The van der Waals surface area contributed by atoms with Crippen LogP contribution in [0.1, 0.15) is 12.5 Å². The summed E-state index contributed by atoms with van der Waals surface area (Å²) in [7, 11) is 3.29. The lowest BCUT2D eigenvalue weighted by Gasteiger charge is -2.22. The van der Waals surface area contributed by atoms with Gasteiger partial charge in [0.1, 0.15) is 11.4 Å². The van der Waals surface area contributed by atoms with Gasteiger partial charge in [-0.1, -0.05) is 36.4 Å². The number of likely N-dealkylation sites (N-methyl/N-ethyl adjacent to an activating group) is 1. The van der Waals surface area contributed by atoms with Gasteiger partial charge in [0.15, 0.2) is 0 Å². The van der Waals surface area contributed by atoms with Crippen molar-refractivity contribution < 1.29 is 19.1 Å². The van der Waals surface area contributed by atoms with Crippen LogP contribution in [-0.2, 0) is 14.4 Å². The van der Waals surface area contributed by atoms with Crippen LogP contribution in [0.3, 0.4) is 0 Å². The Morgan fingerprint density at radius 2 is 1.52 bits per heavy atom. The maximum atomic E-state index is 13.7. The lowest BCUT2D eigenvalue weighted by atomic mass is 10.0. The third kappa shape index (κ3) is 4.08. The van der Waals surface area contributed by atoms with Gasteiger partial charge in [-0.2, -0.15) is 0 Å². The number of methoxy groups -OCH3 is 1. The number of amides is 3. The van der Waals surface area contributed by atoms with E-state index < -0.39 is 11.8 Å². The van der Waals surface area contributed by atoms with Crippen molar-refractivity contribution in [2.45, 2.75) is 6.92 Å². The standard InChI is InChI=1S/C26H23N3O4/c1-17(30)27-18-13-15-20(16-14-18)29-25(31)23(21-11-7-8-12-22(21)33-3)24(26(29)32)28(2)19-9-5-4-6-10-19/h4-16H,1-3H3,(H,27,30). The summed E-state index contributed by atoms with van der Waals surface area (Å²) in [6.45, 7) is 1.41. The monoisotopic (exact) mass is 441 g/mol. The summed E-state index contributed by atoms with van der Waals surface area (Å²) in [5, 5.41) is 2.68. The molecule has 33 heavy (non-hydrogen) atoms. The van der Waals surface area contributed by atoms with Crippen molar-refractivity contribution in [3.63, 3.8) is 0 Å². The van der Waals surface area contributed by atoms with Crippen LogP contribution < -0.4 is 19.9 Å². The first kappa shape index (κ1) is 21.8. The first-order chi connectivity index (χ1) is 15.9. The number of hydrogen-bond acceptors (Lipinski definition) is 5. The molecule has 0 aromatic heterocycles. The number of hydrogen-bond donors (Lipinski definition) is 1. The van der Waals surface area contributed by atoms with E-state index in [1.807, 2.05) is 36.4 Å². The predicted molar refractivity (Wildman–Crippen MR) is 128 cm³/mol. The van der Waals surface area contributed by atoms with Crippen molar-refractivity contribution >= 4 is 40.4 Å². The zero-order valence-corrected chi connectivity index (χ0v) is 18.5. The molecule has 0 bridgehead atoms. The number of ether oxygens (including phenoxy) is 1. The lowest BCUT2D eigenvalue weighted by Crippen LogP contribution is -2.34. The van der Waals surface area contributed by atoms with Gasteiger partial charge in [0, 0.05) is 30.9 Å². The van der Waals surface area contributed by atoms with E-state index in [1.165, 1.54) is 14.0 Å². The van der Waals surface area contributed by atoms with Crippen molar-refractivity contribution in [1.82, 2.24) is 0 Å². The molecule has 4 rings (SSSR count). The second-order valence-corrected chi connectivity index (χ2v) is 7.49. The second kappa shape index (κ2) is 9.00. The molecule has 3 amide bonds. The molecule has 1 aliphatic heterocycles. The molecule has 0 spiro atoms. The lowest BCUT2D eigenvalue weighted by molar-refractivity contribution is -0.120. The minimum atomic E-state index is -0.449. The molecule has 166 valence electrons. The van der Waals surface area contributed by atoms with Crippen molar-refractivity contribution in [3.8, 4) is 5.75 Å². The summed E-state index contributed by atoms with van der Waals surface area (Å²) in [5.74, 6) is -0.604. The Hall–Kier alpha value is -4.39. The molecular formula is C26H23N3O4. The molecule has 0 atom stereocenters. The molecule has 3 aromatic rings. The number of imide groups is 1. The highest BCUT2D eigenvalue weighted by Gasteiger charge is 2.43. The van der Waals surface area contributed by atoms with E-state index >= 15 is 0 Å². The first-order valence-electron chi connectivity index (χ1n) is 10.3. The quantitative estimate of drug-likeness (QED) is 0.584. The highest BCUT2D eigenvalue weighted by atomic mass is 16.5. The average molecular weight is 441 g/mol. The van der Waals surface area contributed by atoms with E-state index in [1.54, 1.807) is 54.4 Å². The topological polar surface area (TPSA) is 79.0 Å². The largest absolute Gasteiger partial charge is 0.496 e. The number of nitrogens with zero attached hydrogens (tertiary/aromatic N) is 2. The molecule has 0 saturated carbocycles. The Kier molecular flexibility index (Phi) is 5.95. The van der Waals surface area contributed by atoms with Gasteiger partial charge in [0.25, 0.3) is 11.8 Å². The van der Waals surface area contributed by atoms with E-state index in [-0.39, 0.29) is 17.2 Å². The summed E-state index contributed by atoms with van der Waals surface area (Å²) in [6.07, 6.45) is 0. The van der Waals surface area contributed by atoms with E-state index in [0.29, 0.717) is 22.7 Å². The van der Waals surface area contributed by atoms with E-state index in [4.69, 9.17) is 4.74 Å². The molecule has 0 radical (unpaired) electrons. The number of anilines is 3. The fourth-order valence-corrected chi connectivity index (χ4v) is 3.84. The van der Waals surface area contributed by atoms with Crippen LogP contribution in [0.25, 0.3) is 5.57 Å². The van der Waals surface area contributed by atoms with E-state index in [2.05, 4.69) is 5.32 Å². The van der Waals surface area contributed by atoms with Crippen molar-refractivity contribution in [2.24, 2.45) is 0 Å². The minimum absolute atomic E-state index is 0.206. The van der Waals surface area contributed by atoms with Crippen LogP contribution in [0, 0.1) is 0 Å². The van der Waals surface area contributed by atoms with Gasteiger partial charge in [0.2, 0.25) is 5.91 Å². The Balaban J connectivity index is 1.83. The number of rotatable bonds is 6. The molecule has 7 heteroatoms. The Morgan fingerprint density at radius 1 is 0.879 bits per heavy atom. The molecule has 0 aliphatic carbocycles. The van der Waals surface area contributed by atoms with Gasteiger partial charge in [-0.25, -0.2) is 4.90 Å². The highest BCUT2D eigenvalue weighted by molar-refractivity contribution is 6.46. The van der Waals surface area contributed by atoms with Crippen LogP contribution in [0.15, 0.2) is 84.6 Å². The van der Waals surface area contributed by atoms with Crippen molar-refractivity contribution in [2.75, 3.05) is 29.3 Å². The highest BCUT2D eigenvalue weighted by Crippen LogP contribution is 2.39. The third-order valence-electron chi connectivity index (χ3n) is 5.36. The third-order valence-corrected chi connectivity index (χ3v) is 5.36. The van der Waals surface area contributed by atoms with Gasteiger partial charge in [-0.3, -0.25) is 14.4 Å². The summed E-state index contributed by atoms with van der Waals surface area (Å²) in [4.78, 5) is 41.5. The van der Waals surface area contributed by atoms with Gasteiger partial charge in [-0.15, -0.1) is 0 Å². The zero-order chi connectivity index (χ0) is 23.5. The van der Waals surface area contributed by atoms with Gasteiger partial charge in [0.05, 0.1) is 18.4 Å². The Morgan fingerprint density at radius 3 is 2.15 bits per heavy atom. The molecule has 1 aliphatic rings. The Labute approximate surface area is 191 Å². The van der Waals surface area contributed by atoms with Gasteiger partial charge >= 0.3 is 0 Å². The summed E-state index contributed by atoms with van der Waals surface area (Å²) in [5.41, 5.74) is 2.79. The number of benzene rings is 3. The second-order valence-electron chi connectivity index (χ2n) is 7.49. The van der Waals surface area contributed by atoms with Crippen LogP contribution in [0.2, 0.25) is 0 Å². The number of carbonyl (C=O) groups excluding carboxylic acids is 3. The molecule has 0 saturated heterocycles. The zero-order valence-electron chi connectivity index (χ0n) is 18.5. The Bertz CT molecular complexity index is 1250. The number of carbonyl (C=O) groups is 3. The van der Waals surface area contributed by atoms with E-state index in [9.17, 15) is 14.4 Å². The SMILES string of the molecule is COc1ccccc1C1=C(N(C)c2ccccc2)C(=O)N(c2ccc(NC(C)=O)cc2)C1=O. The number of nitrogens with one attached hydrogen (secondary N) is 1. The molecular weight excluding hydrogens is 418 g/mol. The molecule has 1 heterocycles. The molecule has 7 nitrogen and oxygen atoms in total. The van der Waals surface area contributed by atoms with Gasteiger partial charge in [-0.05, 0) is 42.5 Å². The smallest absolute Gasteiger partial charge is 0.282 e. The maximum absolute atomic E-state index is 13.7. The van der Waals surface area contributed by atoms with Crippen LogP contribution in [0.5, 0.6) is 5.75 Å². The van der Waals surface area contributed by atoms with E-state index in [0.717, 1.165) is 10.6 Å². The van der Waals surface area contributed by atoms with Gasteiger partial charge < -0.3 is 15.0 Å². The molecule has 1 N–H and O–H groups in total. The first-order valence-corrected chi connectivity index (χ1v) is 10.3. The predicted octanol–water partition coefficient (Wildman–Crippen LogP) is 4.07. The molecule has 3 aromatic carbocycles. The molecule has 0 unspecified atom stereocenters. The maximum Gasteiger partial charge on any atom is 0.282 e. The van der Waals surface area contributed by atoms with Crippen molar-refractivity contribution in [1.29, 1.82) is 0 Å². The normalized spacial score (nSPS) is 13.4. The minimum Gasteiger partial charge on any atom is -0.496 e. The summed E-state index contributed by atoms with van der Waals surface area (Å²) in [6, 6.07) is 23.1. The molecule has 0 fully saturated rings. The van der Waals surface area contributed by atoms with Crippen LogP contribution in [-0.4, -0.2) is 31.9 Å². The average Bonchev–Trinajstić information content (AvgIpc) is 3.09. The fourth-order valence-electron chi connectivity index (χ4n) is 3.84. The number of para-hydroxylation sites is 2. The summed E-state index contributed by atoms with van der Waals surface area (Å²) < 4.78 is 5.49. The summed E-state index contributed by atoms with van der Waals surface area (Å²) >= 11 is 0. The van der Waals surface area contributed by atoms with Crippen LogP contribution in [0.4, 0.5) is 17.1 Å².